The number of para-hydroxylation sites is 1. The molecular weight excluding hydrogens is 488 g/mol. The Hall–Kier alpha value is -3.02. The fourth-order valence-corrected chi connectivity index (χ4v) is 4.47. The van der Waals surface area contributed by atoms with Crippen LogP contribution in [0.2, 0.25) is 0 Å². The van der Waals surface area contributed by atoms with E-state index in [0.29, 0.717) is 32.0 Å². The topological polar surface area (TPSA) is 67.9 Å². The normalized spacial score (nSPS) is 12.0. The first-order valence-electron chi connectivity index (χ1n) is 14.7. The van der Waals surface area contributed by atoms with Crippen LogP contribution in [0.3, 0.4) is 0 Å². The summed E-state index contributed by atoms with van der Waals surface area (Å²) >= 11 is 0. The Kier molecular flexibility index (Phi) is 14.5. The van der Waals surface area contributed by atoms with Gasteiger partial charge in [-0.05, 0) is 51.7 Å². The summed E-state index contributed by atoms with van der Waals surface area (Å²) in [5.41, 5.74) is 1.84. The smallest absolute Gasteiger partial charge is 0.407 e. The third-order valence-corrected chi connectivity index (χ3v) is 6.66. The van der Waals surface area contributed by atoms with Crippen molar-refractivity contribution in [2.75, 3.05) is 20.2 Å². The van der Waals surface area contributed by atoms with Crippen molar-refractivity contribution in [3.05, 3.63) is 65.7 Å². The second-order valence-electron chi connectivity index (χ2n) is 11.4. The average Bonchev–Trinajstić information content (AvgIpc) is 2.90. The first kappa shape index (κ1) is 32.2. The van der Waals surface area contributed by atoms with Crippen LogP contribution in [-0.4, -0.2) is 42.7 Å². The van der Waals surface area contributed by atoms with Crippen LogP contribution in [0.15, 0.2) is 54.6 Å². The van der Waals surface area contributed by atoms with E-state index in [9.17, 15) is 9.59 Å². The minimum absolute atomic E-state index is 0.114. The van der Waals surface area contributed by atoms with E-state index in [1.54, 1.807) is 4.90 Å². The molecule has 1 unspecified atom stereocenters. The molecule has 0 aromatic heterocycles. The van der Waals surface area contributed by atoms with Gasteiger partial charge in [0.15, 0.2) is 0 Å². The Morgan fingerprint density at radius 3 is 2.31 bits per heavy atom. The van der Waals surface area contributed by atoms with E-state index < -0.39 is 11.7 Å². The van der Waals surface area contributed by atoms with Gasteiger partial charge in [0, 0.05) is 38.0 Å². The lowest BCUT2D eigenvalue weighted by molar-refractivity contribution is -0.130. The number of carbonyl (C=O) groups is 2. The van der Waals surface area contributed by atoms with Gasteiger partial charge in [0.05, 0.1) is 6.61 Å². The van der Waals surface area contributed by atoms with Gasteiger partial charge in [0.1, 0.15) is 11.4 Å². The molecule has 216 valence electrons. The zero-order chi connectivity index (χ0) is 28.5. The van der Waals surface area contributed by atoms with Gasteiger partial charge >= 0.3 is 6.09 Å². The van der Waals surface area contributed by atoms with Crippen LogP contribution < -0.4 is 10.1 Å². The van der Waals surface area contributed by atoms with Crippen molar-refractivity contribution in [3.63, 3.8) is 0 Å². The molecule has 0 aliphatic heterocycles. The molecular formula is C33H50N2O4. The zero-order valence-corrected chi connectivity index (χ0v) is 24.8. The van der Waals surface area contributed by atoms with Crippen LogP contribution in [0, 0.1) is 0 Å². The average molecular weight is 539 g/mol. The number of unbranched alkanes of at least 4 members (excludes halogenated alkanes) is 5. The van der Waals surface area contributed by atoms with Crippen LogP contribution in [0.25, 0.3) is 0 Å². The van der Waals surface area contributed by atoms with E-state index in [1.165, 1.54) is 31.2 Å². The van der Waals surface area contributed by atoms with Crippen molar-refractivity contribution in [2.24, 2.45) is 0 Å². The SMILES string of the molecule is CCCCCCC(COc1ccccc1CN(C)C(=O)CCCCCNC(=O)OC(C)(C)C)c1ccccc1. The van der Waals surface area contributed by atoms with Crippen molar-refractivity contribution < 1.29 is 19.1 Å². The van der Waals surface area contributed by atoms with Gasteiger partial charge in [-0.15, -0.1) is 0 Å². The predicted octanol–water partition coefficient (Wildman–Crippen LogP) is 7.86. The van der Waals surface area contributed by atoms with Gasteiger partial charge in [-0.3, -0.25) is 4.79 Å². The molecule has 0 spiro atoms. The van der Waals surface area contributed by atoms with E-state index in [2.05, 4.69) is 42.6 Å². The molecule has 39 heavy (non-hydrogen) atoms. The highest BCUT2D eigenvalue weighted by Gasteiger charge is 2.17. The van der Waals surface area contributed by atoms with Gasteiger partial charge in [-0.2, -0.15) is 0 Å². The molecule has 1 atom stereocenters. The van der Waals surface area contributed by atoms with E-state index in [0.717, 1.165) is 37.0 Å². The molecule has 0 bridgehead atoms. The van der Waals surface area contributed by atoms with Crippen LogP contribution in [0.4, 0.5) is 4.79 Å². The first-order valence-corrected chi connectivity index (χ1v) is 14.7. The quantitative estimate of drug-likeness (QED) is 0.208. The molecule has 2 amide bonds. The van der Waals surface area contributed by atoms with E-state index in [-0.39, 0.29) is 5.91 Å². The number of hydrogen-bond acceptors (Lipinski definition) is 4. The van der Waals surface area contributed by atoms with Crippen molar-refractivity contribution in [1.29, 1.82) is 0 Å². The maximum Gasteiger partial charge on any atom is 0.407 e. The Morgan fingerprint density at radius 1 is 0.897 bits per heavy atom. The van der Waals surface area contributed by atoms with Gasteiger partial charge in [0.25, 0.3) is 0 Å². The number of carbonyl (C=O) groups excluding carboxylic acids is 2. The van der Waals surface area contributed by atoms with Crippen molar-refractivity contribution in [2.45, 2.75) is 104 Å². The van der Waals surface area contributed by atoms with Crippen LogP contribution >= 0.6 is 0 Å². The molecule has 2 aromatic carbocycles. The molecule has 2 rings (SSSR count). The summed E-state index contributed by atoms with van der Waals surface area (Å²) < 4.78 is 11.6. The lowest BCUT2D eigenvalue weighted by Crippen LogP contribution is -2.33. The number of nitrogens with one attached hydrogen (secondary N) is 1. The van der Waals surface area contributed by atoms with Crippen LogP contribution in [0.1, 0.15) is 103 Å². The molecule has 1 N–H and O–H groups in total. The second-order valence-corrected chi connectivity index (χ2v) is 11.4. The van der Waals surface area contributed by atoms with Crippen molar-refractivity contribution in [1.82, 2.24) is 10.2 Å². The van der Waals surface area contributed by atoms with Gasteiger partial charge in [-0.1, -0.05) is 87.6 Å². The monoisotopic (exact) mass is 538 g/mol. The number of alkyl carbamates (subject to hydrolysis) is 1. The summed E-state index contributed by atoms with van der Waals surface area (Å²) in [4.78, 5) is 26.3. The maximum absolute atomic E-state index is 12.8. The Bertz CT molecular complexity index is 971. The molecule has 6 heteroatoms. The third-order valence-electron chi connectivity index (χ3n) is 6.66. The summed E-state index contributed by atoms with van der Waals surface area (Å²) in [6, 6.07) is 18.7. The summed E-state index contributed by atoms with van der Waals surface area (Å²) in [5.74, 6) is 1.31. The summed E-state index contributed by atoms with van der Waals surface area (Å²) in [6.45, 7) is 9.46. The fraction of sp³-hybridized carbons (Fsp3) is 0.576. The minimum Gasteiger partial charge on any atom is -0.493 e. The summed E-state index contributed by atoms with van der Waals surface area (Å²) in [5, 5.41) is 2.77. The second kappa shape index (κ2) is 17.5. The van der Waals surface area contributed by atoms with E-state index in [4.69, 9.17) is 9.47 Å². The number of rotatable bonds is 17. The number of hydrogen-bond donors (Lipinski definition) is 1. The highest BCUT2D eigenvalue weighted by atomic mass is 16.6. The number of nitrogens with zero attached hydrogens (tertiary/aromatic N) is 1. The lowest BCUT2D eigenvalue weighted by atomic mass is 9.93. The van der Waals surface area contributed by atoms with Crippen molar-refractivity contribution >= 4 is 12.0 Å². The fourth-order valence-electron chi connectivity index (χ4n) is 4.47. The van der Waals surface area contributed by atoms with Gasteiger partial charge in [-0.25, -0.2) is 4.79 Å². The standard InChI is InChI=1S/C33H50N2O4/c1-6-7-8-11-21-29(27-18-12-9-13-19-27)26-38-30-22-16-15-20-28(30)25-35(5)31(36)23-14-10-17-24-34-32(37)39-33(2,3)4/h9,12-13,15-16,18-20,22,29H,6-8,10-11,14,17,21,23-26H2,1-5H3,(H,34,37). The molecule has 0 heterocycles. The molecule has 6 nitrogen and oxygen atoms in total. The number of benzene rings is 2. The zero-order valence-electron chi connectivity index (χ0n) is 24.8. The molecule has 0 aliphatic carbocycles. The molecule has 2 aromatic rings. The molecule has 0 saturated carbocycles. The van der Waals surface area contributed by atoms with Crippen molar-refractivity contribution in [3.8, 4) is 5.75 Å². The Balaban J connectivity index is 1.81. The number of amides is 2. The van der Waals surface area contributed by atoms with E-state index >= 15 is 0 Å². The number of ether oxygens (including phenoxy) is 2. The Morgan fingerprint density at radius 2 is 1.59 bits per heavy atom. The molecule has 0 saturated heterocycles. The summed E-state index contributed by atoms with van der Waals surface area (Å²) in [6.07, 6.45) is 8.63. The lowest BCUT2D eigenvalue weighted by Gasteiger charge is -2.22. The van der Waals surface area contributed by atoms with Gasteiger partial charge in [0.2, 0.25) is 5.91 Å². The highest BCUT2D eigenvalue weighted by molar-refractivity contribution is 5.75. The third kappa shape index (κ3) is 13.6. The molecule has 0 fully saturated rings. The first-order chi connectivity index (χ1) is 18.7. The summed E-state index contributed by atoms with van der Waals surface area (Å²) in [7, 11) is 1.85. The predicted molar refractivity (Wildman–Crippen MR) is 159 cm³/mol. The molecule has 0 aliphatic rings. The van der Waals surface area contributed by atoms with Gasteiger partial charge < -0.3 is 19.7 Å². The van der Waals surface area contributed by atoms with E-state index in [1.807, 2.05) is 52.1 Å². The highest BCUT2D eigenvalue weighted by Crippen LogP contribution is 2.26. The minimum atomic E-state index is -0.497. The van der Waals surface area contributed by atoms with Crippen LogP contribution in [-0.2, 0) is 16.1 Å². The Labute approximate surface area is 236 Å². The largest absolute Gasteiger partial charge is 0.493 e. The maximum atomic E-state index is 12.8. The molecule has 0 radical (unpaired) electrons. The van der Waals surface area contributed by atoms with Crippen LogP contribution in [0.5, 0.6) is 5.75 Å².